The molecule has 1 aliphatic heterocycles. The Kier molecular flexibility index (Phi) is 5.80. The monoisotopic (exact) mass is 466 g/mol. The van der Waals surface area contributed by atoms with Crippen LogP contribution in [0.1, 0.15) is 33.6 Å². The van der Waals surface area contributed by atoms with Crippen molar-refractivity contribution in [2.75, 3.05) is 43.2 Å². The lowest BCUT2D eigenvalue weighted by Crippen LogP contribution is -2.37. The molecule has 1 amide bonds. The van der Waals surface area contributed by atoms with E-state index in [0.717, 1.165) is 36.6 Å². The van der Waals surface area contributed by atoms with E-state index < -0.39 is 11.7 Å². The summed E-state index contributed by atoms with van der Waals surface area (Å²) in [5, 5.41) is 0. The van der Waals surface area contributed by atoms with Gasteiger partial charge in [-0.3, -0.25) is 0 Å². The number of nitrogens with zero attached hydrogens (tertiary/aromatic N) is 8. The van der Waals surface area contributed by atoms with Crippen molar-refractivity contribution >= 4 is 29.0 Å². The smallest absolute Gasteiger partial charge is 0.416 e. The van der Waals surface area contributed by atoms with Gasteiger partial charge in [0.1, 0.15) is 5.60 Å². The van der Waals surface area contributed by atoms with Gasteiger partial charge in [0.25, 0.3) is 0 Å². The maximum Gasteiger partial charge on any atom is 0.416 e. The lowest BCUT2D eigenvalue weighted by Gasteiger charge is -2.28. The maximum atomic E-state index is 12.4. The molecule has 2 fully saturated rings. The van der Waals surface area contributed by atoms with Crippen LogP contribution in [0.2, 0.25) is 0 Å². The lowest BCUT2D eigenvalue weighted by molar-refractivity contribution is 0.0587. The fourth-order valence-electron chi connectivity index (χ4n) is 3.79. The molecule has 1 saturated carbocycles. The van der Waals surface area contributed by atoms with Gasteiger partial charge in [-0.1, -0.05) is 0 Å². The summed E-state index contributed by atoms with van der Waals surface area (Å²) in [7, 11) is 1.58. The maximum absolute atomic E-state index is 12.4. The lowest BCUT2D eigenvalue weighted by atomic mass is 10.2. The first kappa shape index (κ1) is 22.5. The highest BCUT2D eigenvalue weighted by Gasteiger charge is 2.26. The number of anilines is 2. The molecule has 0 bridgehead atoms. The van der Waals surface area contributed by atoms with Crippen LogP contribution in [0.25, 0.3) is 22.6 Å². The van der Waals surface area contributed by atoms with Crippen molar-refractivity contribution in [3.63, 3.8) is 0 Å². The van der Waals surface area contributed by atoms with Crippen molar-refractivity contribution in [3.8, 4) is 11.4 Å². The van der Waals surface area contributed by atoms with Crippen molar-refractivity contribution < 1.29 is 14.3 Å². The van der Waals surface area contributed by atoms with Crippen LogP contribution in [-0.4, -0.2) is 74.5 Å². The van der Waals surface area contributed by atoms with Crippen LogP contribution in [0.3, 0.4) is 0 Å². The predicted octanol–water partition coefficient (Wildman–Crippen LogP) is 2.90. The highest BCUT2D eigenvalue weighted by Crippen LogP contribution is 2.33. The van der Waals surface area contributed by atoms with E-state index in [1.165, 1.54) is 17.7 Å². The van der Waals surface area contributed by atoms with Gasteiger partial charge >= 0.3 is 6.09 Å². The number of ether oxygens (including phenoxy) is 2. The quantitative estimate of drug-likeness (QED) is 0.560. The van der Waals surface area contributed by atoms with E-state index in [1.54, 1.807) is 19.4 Å². The molecule has 11 nitrogen and oxygen atoms in total. The molecule has 0 aromatic carbocycles. The molecule has 3 aromatic heterocycles. The molecule has 0 spiro atoms. The summed E-state index contributed by atoms with van der Waals surface area (Å²) in [6.45, 7) is 9.15. The van der Waals surface area contributed by atoms with E-state index in [4.69, 9.17) is 19.4 Å². The summed E-state index contributed by atoms with van der Waals surface area (Å²) in [5.41, 5.74) is 1.67. The number of hydrogen-bond acceptors (Lipinski definition) is 9. The third-order valence-electron chi connectivity index (χ3n) is 5.77. The Labute approximate surface area is 198 Å². The average molecular weight is 467 g/mol. The standard InChI is InChI=1S/C23H30N8O3/c1-23(2,3)34-22(32)29(4)21-24-11-16(12-25-21)18-27-19(30-7-9-33-10-8-30)17-20(28-18)31(14-26-17)13-15-5-6-15/h11-12,14-15H,5-10,13H2,1-4H3. The highest BCUT2D eigenvalue weighted by atomic mass is 16.6. The first-order valence-corrected chi connectivity index (χ1v) is 11.6. The summed E-state index contributed by atoms with van der Waals surface area (Å²) >= 11 is 0. The Morgan fingerprint density at radius 3 is 2.50 bits per heavy atom. The van der Waals surface area contributed by atoms with E-state index in [-0.39, 0.29) is 5.95 Å². The number of carbonyl (C=O) groups excluding carboxylic acids is 1. The van der Waals surface area contributed by atoms with Crippen molar-refractivity contribution in [2.24, 2.45) is 5.92 Å². The summed E-state index contributed by atoms with van der Waals surface area (Å²) in [5.74, 6) is 2.26. The number of aromatic nitrogens is 6. The molecule has 11 heteroatoms. The van der Waals surface area contributed by atoms with Crippen molar-refractivity contribution in [1.29, 1.82) is 0 Å². The Balaban J connectivity index is 1.48. The second-order valence-corrected chi connectivity index (χ2v) is 9.79. The first-order chi connectivity index (χ1) is 16.3. The third kappa shape index (κ3) is 4.79. The molecule has 2 aliphatic rings. The summed E-state index contributed by atoms with van der Waals surface area (Å²) in [4.78, 5) is 38.9. The third-order valence-corrected chi connectivity index (χ3v) is 5.77. The fourth-order valence-corrected chi connectivity index (χ4v) is 3.79. The van der Waals surface area contributed by atoms with Crippen LogP contribution in [0.5, 0.6) is 0 Å². The zero-order valence-corrected chi connectivity index (χ0v) is 20.1. The van der Waals surface area contributed by atoms with Gasteiger partial charge in [-0.05, 0) is 39.5 Å². The fraction of sp³-hybridized carbons (Fsp3) is 0.565. The van der Waals surface area contributed by atoms with Gasteiger partial charge < -0.3 is 18.9 Å². The second kappa shape index (κ2) is 8.79. The minimum Gasteiger partial charge on any atom is -0.443 e. The zero-order valence-electron chi connectivity index (χ0n) is 20.1. The molecule has 180 valence electrons. The Morgan fingerprint density at radius 2 is 1.85 bits per heavy atom. The minimum atomic E-state index is -0.603. The number of morpholine rings is 1. The van der Waals surface area contributed by atoms with Crippen LogP contribution in [0.15, 0.2) is 18.7 Å². The van der Waals surface area contributed by atoms with E-state index in [0.29, 0.717) is 30.5 Å². The average Bonchev–Trinajstić information content (AvgIpc) is 3.56. The van der Waals surface area contributed by atoms with Crippen LogP contribution in [0.4, 0.5) is 16.6 Å². The number of rotatable bonds is 5. The molecule has 4 heterocycles. The first-order valence-electron chi connectivity index (χ1n) is 11.6. The summed E-state index contributed by atoms with van der Waals surface area (Å²) in [6, 6.07) is 0. The summed E-state index contributed by atoms with van der Waals surface area (Å²) in [6.07, 6.45) is 7.10. The molecule has 1 aliphatic carbocycles. The molecule has 0 unspecified atom stereocenters. The number of imidazole rings is 1. The molecule has 0 N–H and O–H groups in total. The zero-order chi connectivity index (χ0) is 23.9. The van der Waals surface area contributed by atoms with E-state index in [1.807, 2.05) is 27.1 Å². The van der Waals surface area contributed by atoms with Gasteiger partial charge in [0, 0.05) is 39.1 Å². The normalized spacial score (nSPS) is 16.6. The SMILES string of the molecule is CN(C(=O)OC(C)(C)C)c1ncc(-c2nc(N3CCOCC3)c3ncn(CC4CC4)c3n2)cn1. The molecule has 5 rings (SSSR count). The molecule has 1 saturated heterocycles. The van der Waals surface area contributed by atoms with E-state index >= 15 is 0 Å². The summed E-state index contributed by atoms with van der Waals surface area (Å²) < 4.78 is 13.0. The molecule has 0 atom stereocenters. The van der Waals surface area contributed by atoms with Gasteiger partial charge in [0.2, 0.25) is 5.95 Å². The molecular weight excluding hydrogens is 436 g/mol. The Morgan fingerprint density at radius 1 is 1.15 bits per heavy atom. The van der Waals surface area contributed by atoms with Crippen molar-refractivity contribution in [2.45, 2.75) is 45.8 Å². The van der Waals surface area contributed by atoms with Gasteiger partial charge in [-0.25, -0.2) is 34.6 Å². The highest BCUT2D eigenvalue weighted by molar-refractivity contribution is 5.86. The molecular formula is C23H30N8O3. The van der Waals surface area contributed by atoms with Crippen LogP contribution < -0.4 is 9.80 Å². The molecule has 34 heavy (non-hydrogen) atoms. The van der Waals surface area contributed by atoms with Crippen LogP contribution >= 0.6 is 0 Å². The predicted molar refractivity (Wildman–Crippen MR) is 127 cm³/mol. The number of fused-ring (bicyclic) bond motifs is 1. The van der Waals surface area contributed by atoms with Gasteiger partial charge in [-0.2, -0.15) is 0 Å². The van der Waals surface area contributed by atoms with Crippen molar-refractivity contribution in [3.05, 3.63) is 18.7 Å². The molecule has 3 aromatic rings. The second-order valence-electron chi connectivity index (χ2n) is 9.79. The Bertz CT molecular complexity index is 1180. The van der Waals surface area contributed by atoms with Crippen LogP contribution in [-0.2, 0) is 16.0 Å². The van der Waals surface area contributed by atoms with Gasteiger partial charge in [0.15, 0.2) is 22.8 Å². The minimum absolute atomic E-state index is 0.242. The topological polar surface area (TPSA) is 111 Å². The largest absolute Gasteiger partial charge is 0.443 e. The number of amides is 1. The van der Waals surface area contributed by atoms with Gasteiger partial charge in [-0.15, -0.1) is 0 Å². The number of carbonyl (C=O) groups is 1. The Hall–Kier alpha value is -3.34. The van der Waals surface area contributed by atoms with E-state index in [2.05, 4.69) is 24.4 Å². The number of hydrogen-bond donors (Lipinski definition) is 0. The molecule has 0 radical (unpaired) electrons. The van der Waals surface area contributed by atoms with Crippen molar-refractivity contribution in [1.82, 2.24) is 29.5 Å². The van der Waals surface area contributed by atoms with Gasteiger partial charge in [0.05, 0.1) is 25.1 Å². The van der Waals surface area contributed by atoms with Crippen LogP contribution in [0, 0.1) is 5.92 Å². The van der Waals surface area contributed by atoms with E-state index in [9.17, 15) is 4.79 Å².